The molecule has 1 saturated heterocycles. The maximum Gasteiger partial charge on any atom is 0.161 e. The van der Waals surface area contributed by atoms with E-state index in [0.29, 0.717) is 5.92 Å². The number of rotatable bonds is 1. The second kappa shape index (κ2) is 4.89. The molecule has 0 aromatic carbocycles. The fourth-order valence-corrected chi connectivity index (χ4v) is 4.06. The number of ether oxygens (including phenoxy) is 2. The van der Waals surface area contributed by atoms with Crippen molar-refractivity contribution in [2.75, 3.05) is 0 Å². The number of hydrogen-bond donors (Lipinski definition) is 0. The first-order valence-corrected chi connectivity index (χ1v) is 7.55. The van der Waals surface area contributed by atoms with E-state index < -0.39 is 0 Å². The fraction of sp³-hybridized carbons (Fsp3) is 1.00. The van der Waals surface area contributed by atoms with E-state index in [9.17, 15) is 0 Å². The summed E-state index contributed by atoms with van der Waals surface area (Å²) in [6, 6.07) is 0. The van der Waals surface area contributed by atoms with Crippen LogP contribution < -0.4 is 0 Å². The van der Waals surface area contributed by atoms with Gasteiger partial charge in [0.1, 0.15) is 0 Å². The summed E-state index contributed by atoms with van der Waals surface area (Å²) in [6.07, 6.45) is 10.6. The maximum atomic E-state index is 5.97. The molecule has 0 spiro atoms. The van der Waals surface area contributed by atoms with Crippen LogP contribution in [0.25, 0.3) is 0 Å². The van der Waals surface area contributed by atoms with Gasteiger partial charge in [-0.25, -0.2) is 0 Å². The highest BCUT2D eigenvalue weighted by atomic mass is 16.7. The zero-order chi connectivity index (χ0) is 11.8. The van der Waals surface area contributed by atoms with Crippen LogP contribution in [0.15, 0.2) is 0 Å². The molecule has 2 nitrogen and oxygen atoms in total. The van der Waals surface area contributed by atoms with Crippen LogP contribution in [0.1, 0.15) is 58.8 Å². The summed E-state index contributed by atoms with van der Waals surface area (Å²) < 4.78 is 11.9. The van der Waals surface area contributed by atoms with Crippen LogP contribution in [0.2, 0.25) is 0 Å². The van der Waals surface area contributed by atoms with Gasteiger partial charge >= 0.3 is 0 Å². The van der Waals surface area contributed by atoms with Gasteiger partial charge in [-0.2, -0.15) is 0 Å². The highest BCUT2D eigenvalue weighted by Crippen LogP contribution is 2.45. The average Bonchev–Trinajstić information content (AvgIpc) is 2.69. The molecule has 0 amide bonds. The van der Waals surface area contributed by atoms with Gasteiger partial charge in [0.15, 0.2) is 6.29 Å². The predicted molar refractivity (Wildman–Crippen MR) is 67.7 cm³/mol. The summed E-state index contributed by atoms with van der Waals surface area (Å²) in [7, 11) is 0. The van der Waals surface area contributed by atoms with E-state index in [2.05, 4.69) is 13.8 Å². The van der Waals surface area contributed by atoms with E-state index in [-0.39, 0.29) is 18.5 Å². The van der Waals surface area contributed by atoms with Crippen LogP contribution in [-0.4, -0.2) is 18.5 Å². The quantitative estimate of drug-likeness (QED) is 0.693. The molecule has 98 valence electrons. The van der Waals surface area contributed by atoms with Crippen LogP contribution >= 0.6 is 0 Å². The largest absolute Gasteiger partial charge is 0.347 e. The van der Waals surface area contributed by atoms with Crippen molar-refractivity contribution in [1.29, 1.82) is 0 Å². The molecule has 2 heteroatoms. The Hall–Kier alpha value is -0.0800. The summed E-state index contributed by atoms with van der Waals surface area (Å²) >= 11 is 0. The summed E-state index contributed by atoms with van der Waals surface area (Å²) in [5, 5.41) is 0. The van der Waals surface area contributed by atoms with E-state index in [1.165, 1.54) is 44.9 Å². The van der Waals surface area contributed by atoms with E-state index >= 15 is 0 Å². The van der Waals surface area contributed by atoms with Crippen molar-refractivity contribution in [2.24, 2.45) is 17.8 Å². The van der Waals surface area contributed by atoms with Crippen molar-refractivity contribution in [2.45, 2.75) is 77.3 Å². The fourth-order valence-electron chi connectivity index (χ4n) is 4.06. The van der Waals surface area contributed by atoms with Crippen molar-refractivity contribution in [1.82, 2.24) is 0 Å². The first-order chi connectivity index (χ1) is 8.24. The van der Waals surface area contributed by atoms with Crippen LogP contribution in [0.5, 0.6) is 0 Å². The van der Waals surface area contributed by atoms with Gasteiger partial charge < -0.3 is 9.47 Å². The van der Waals surface area contributed by atoms with Crippen molar-refractivity contribution >= 4 is 0 Å². The lowest BCUT2D eigenvalue weighted by atomic mass is 9.67. The van der Waals surface area contributed by atoms with Gasteiger partial charge in [-0.05, 0) is 44.9 Å². The Morgan fingerprint density at radius 2 is 1.29 bits per heavy atom. The summed E-state index contributed by atoms with van der Waals surface area (Å²) in [5.74, 6) is 2.67. The lowest BCUT2D eigenvalue weighted by Gasteiger charge is -2.40. The molecule has 0 bridgehead atoms. The molecule has 0 N–H and O–H groups in total. The third kappa shape index (κ3) is 2.39. The SMILES string of the molecule is CC1OC(C2CCC3CCCCC3C2)OC1C. The highest BCUT2D eigenvalue weighted by Gasteiger charge is 2.40. The molecule has 5 atom stereocenters. The minimum atomic E-state index is 0.0999. The third-order valence-electron chi connectivity index (χ3n) is 5.32. The molecular formula is C15H26O2. The highest BCUT2D eigenvalue weighted by molar-refractivity contribution is 4.86. The van der Waals surface area contributed by atoms with Crippen molar-refractivity contribution in [3.05, 3.63) is 0 Å². The van der Waals surface area contributed by atoms with Gasteiger partial charge in [0.2, 0.25) is 0 Å². The van der Waals surface area contributed by atoms with Gasteiger partial charge in [-0.1, -0.05) is 25.7 Å². The Morgan fingerprint density at radius 3 is 2.00 bits per heavy atom. The van der Waals surface area contributed by atoms with Crippen molar-refractivity contribution in [3.8, 4) is 0 Å². The average molecular weight is 238 g/mol. The molecule has 5 unspecified atom stereocenters. The first-order valence-electron chi connectivity index (χ1n) is 7.55. The van der Waals surface area contributed by atoms with E-state index in [1.807, 2.05) is 0 Å². The molecule has 0 radical (unpaired) electrons. The standard InChI is InChI=1S/C15H26O2/c1-10-11(2)17-15(16-10)14-8-7-12-5-3-4-6-13(12)9-14/h10-15H,3-9H2,1-2H3. The molecule has 1 heterocycles. The Morgan fingerprint density at radius 1 is 0.706 bits per heavy atom. The lowest BCUT2D eigenvalue weighted by molar-refractivity contribution is -0.120. The van der Waals surface area contributed by atoms with Crippen LogP contribution in [0, 0.1) is 17.8 Å². The maximum absolute atomic E-state index is 5.97. The molecule has 3 aliphatic rings. The number of fused-ring (bicyclic) bond motifs is 1. The van der Waals surface area contributed by atoms with Crippen molar-refractivity contribution < 1.29 is 9.47 Å². The monoisotopic (exact) mass is 238 g/mol. The van der Waals surface area contributed by atoms with Gasteiger partial charge in [0.25, 0.3) is 0 Å². The molecule has 2 aliphatic carbocycles. The van der Waals surface area contributed by atoms with E-state index in [4.69, 9.17) is 9.47 Å². The minimum absolute atomic E-state index is 0.0999. The second-order valence-corrected chi connectivity index (χ2v) is 6.43. The Bertz CT molecular complexity index is 256. The molecular weight excluding hydrogens is 212 g/mol. The molecule has 3 fully saturated rings. The molecule has 17 heavy (non-hydrogen) atoms. The van der Waals surface area contributed by atoms with E-state index in [1.54, 1.807) is 0 Å². The summed E-state index contributed by atoms with van der Waals surface area (Å²) in [6.45, 7) is 4.27. The zero-order valence-electron chi connectivity index (χ0n) is 11.2. The Kier molecular flexibility index (Phi) is 3.45. The van der Waals surface area contributed by atoms with Gasteiger partial charge in [-0.15, -0.1) is 0 Å². The Balaban J connectivity index is 1.59. The summed E-state index contributed by atoms with van der Waals surface area (Å²) in [4.78, 5) is 0. The molecule has 0 aromatic heterocycles. The molecule has 3 rings (SSSR count). The number of hydrogen-bond acceptors (Lipinski definition) is 2. The van der Waals surface area contributed by atoms with Gasteiger partial charge in [0, 0.05) is 5.92 Å². The second-order valence-electron chi connectivity index (χ2n) is 6.43. The van der Waals surface area contributed by atoms with E-state index in [0.717, 1.165) is 11.8 Å². The topological polar surface area (TPSA) is 18.5 Å². The third-order valence-corrected chi connectivity index (χ3v) is 5.32. The summed E-state index contributed by atoms with van der Waals surface area (Å²) in [5.41, 5.74) is 0. The van der Waals surface area contributed by atoms with Crippen LogP contribution in [-0.2, 0) is 9.47 Å². The molecule has 2 saturated carbocycles. The first kappa shape index (κ1) is 12.0. The lowest BCUT2D eigenvalue weighted by Crippen LogP contribution is -2.34. The normalized spacial score (nSPS) is 51.2. The van der Waals surface area contributed by atoms with Crippen molar-refractivity contribution in [3.63, 3.8) is 0 Å². The zero-order valence-corrected chi connectivity index (χ0v) is 11.2. The van der Waals surface area contributed by atoms with Gasteiger partial charge in [-0.3, -0.25) is 0 Å². The van der Waals surface area contributed by atoms with Gasteiger partial charge in [0.05, 0.1) is 12.2 Å². The molecule has 1 aliphatic heterocycles. The molecule has 0 aromatic rings. The smallest absolute Gasteiger partial charge is 0.161 e. The van der Waals surface area contributed by atoms with Crippen LogP contribution in [0.3, 0.4) is 0 Å². The van der Waals surface area contributed by atoms with Crippen LogP contribution in [0.4, 0.5) is 0 Å². The predicted octanol–water partition coefficient (Wildman–Crippen LogP) is 3.74. The Labute approximate surface area is 105 Å². The minimum Gasteiger partial charge on any atom is -0.347 e.